The number of carboxylic acids is 1. The largest absolute Gasteiger partial charge is 0.475 e. The molecule has 174 valence electrons. The molecular weight excluding hydrogens is 450 g/mol. The van der Waals surface area contributed by atoms with Crippen LogP contribution in [0.2, 0.25) is 5.02 Å². The van der Waals surface area contributed by atoms with E-state index < -0.39 is 5.97 Å². The molecule has 5 rings (SSSR count). The number of nitrogens with one attached hydrogen (secondary N) is 1. The van der Waals surface area contributed by atoms with Gasteiger partial charge in [0.25, 0.3) is 0 Å². The molecule has 0 spiro atoms. The molecule has 1 aliphatic carbocycles. The van der Waals surface area contributed by atoms with E-state index in [1.54, 1.807) is 0 Å². The number of fused-ring (bicyclic) bond motifs is 1. The summed E-state index contributed by atoms with van der Waals surface area (Å²) < 4.78 is 2.10. The van der Waals surface area contributed by atoms with E-state index >= 15 is 0 Å². The minimum atomic E-state index is -1.18. The van der Waals surface area contributed by atoms with Crippen molar-refractivity contribution < 1.29 is 9.90 Å². The van der Waals surface area contributed by atoms with Crippen LogP contribution in [0, 0.1) is 12.8 Å². The summed E-state index contributed by atoms with van der Waals surface area (Å²) in [5, 5.41) is 13.8. The number of anilines is 1. The molecule has 2 aromatic heterocycles. The van der Waals surface area contributed by atoms with Crippen molar-refractivity contribution in [1.29, 1.82) is 0 Å². The van der Waals surface area contributed by atoms with Gasteiger partial charge in [-0.15, -0.1) is 0 Å². The zero-order valence-electron chi connectivity index (χ0n) is 19.3. The summed E-state index contributed by atoms with van der Waals surface area (Å²) in [6.07, 6.45) is 2.31. The average Bonchev–Trinajstić information content (AvgIpc) is 3.59. The highest BCUT2D eigenvalue weighted by Crippen LogP contribution is 2.37. The van der Waals surface area contributed by atoms with Crippen molar-refractivity contribution in [2.75, 3.05) is 5.32 Å². The van der Waals surface area contributed by atoms with E-state index in [2.05, 4.69) is 39.8 Å². The molecule has 4 aromatic rings. The number of nitrogens with zero attached hydrogens (tertiary/aromatic N) is 4. The molecule has 2 atom stereocenters. The van der Waals surface area contributed by atoms with E-state index in [4.69, 9.17) is 16.6 Å². The zero-order chi connectivity index (χ0) is 24.0. The highest BCUT2D eigenvalue weighted by Gasteiger charge is 2.31. The monoisotopic (exact) mass is 475 g/mol. The van der Waals surface area contributed by atoms with Crippen LogP contribution in [-0.2, 0) is 0 Å². The lowest BCUT2D eigenvalue weighted by Gasteiger charge is -2.21. The number of carbonyl (C=O) groups is 1. The Labute approximate surface area is 202 Å². The normalized spacial score (nSPS) is 15.3. The van der Waals surface area contributed by atoms with Crippen molar-refractivity contribution in [2.24, 2.45) is 5.92 Å². The van der Waals surface area contributed by atoms with Crippen molar-refractivity contribution in [3.63, 3.8) is 0 Å². The molecule has 2 aromatic carbocycles. The summed E-state index contributed by atoms with van der Waals surface area (Å²) in [5.41, 5.74) is 4.12. The van der Waals surface area contributed by atoms with Gasteiger partial charge in [0.2, 0.25) is 5.82 Å². The summed E-state index contributed by atoms with van der Waals surface area (Å²) in [5.74, 6) is 0.313. The second-order valence-corrected chi connectivity index (χ2v) is 9.48. The molecule has 0 bridgehead atoms. The minimum Gasteiger partial charge on any atom is -0.475 e. The van der Waals surface area contributed by atoms with E-state index in [-0.39, 0.29) is 17.9 Å². The number of halogens is 1. The van der Waals surface area contributed by atoms with Crippen molar-refractivity contribution >= 4 is 34.6 Å². The fourth-order valence-corrected chi connectivity index (χ4v) is 4.51. The topological polar surface area (TPSA) is 92.9 Å². The summed E-state index contributed by atoms with van der Waals surface area (Å²) in [6.45, 7) is 6.23. The first kappa shape index (κ1) is 22.3. The van der Waals surface area contributed by atoms with Crippen LogP contribution in [0.5, 0.6) is 0 Å². The van der Waals surface area contributed by atoms with Crippen molar-refractivity contribution in [3.8, 4) is 11.4 Å². The van der Waals surface area contributed by atoms with Crippen LogP contribution in [0.3, 0.4) is 0 Å². The van der Waals surface area contributed by atoms with Crippen molar-refractivity contribution in [3.05, 3.63) is 70.5 Å². The maximum Gasteiger partial charge on any atom is 0.374 e. The lowest BCUT2D eigenvalue weighted by Crippen LogP contribution is -2.21. The number of aromatic carboxylic acids is 1. The summed E-state index contributed by atoms with van der Waals surface area (Å²) >= 11 is 6.14. The molecule has 1 aliphatic rings. The average molecular weight is 476 g/mol. The molecular formula is C26H26ClN5O2. The molecule has 0 aliphatic heterocycles. The molecule has 0 radical (unpaired) electrons. The van der Waals surface area contributed by atoms with Crippen molar-refractivity contribution in [2.45, 2.75) is 45.7 Å². The van der Waals surface area contributed by atoms with Gasteiger partial charge in [-0.2, -0.15) is 0 Å². The lowest BCUT2D eigenvalue weighted by molar-refractivity contribution is 0.0684. The number of imidazole rings is 1. The van der Waals surface area contributed by atoms with Crippen LogP contribution in [0.1, 0.15) is 54.5 Å². The van der Waals surface area contributed by atoms with Gasteiger partial charge < -0.3 is 15.0 Å². The van der Waals surface area contributed by atoms with Gasteiger partial charge >= 0.3 is 5.97 Å². The number of hydrogen-bond acceptors (Lipinski definition) is 5. The Kier molecular flexibility index (Phi) is 5.73. The first-order chi connectivity index (χ1) is 16.3. The van der Waals surface area contributed by atoms with Crippen LogP contribution in [0.25, 0.3) is 22.6 Å². The van der Waals surface area contributed by atoms with Crippen LogP contribution in [-0.4, -0.2) is 36.6 Å². The fraction of sp³-hybridized carbons (Fsp3) is 0.308. The molecule has 1 saturated carbocycles. The molecule has 1 fully saturated rings. The summed E-state index contributed by atoms with van der Waals surface area (Å²) in [4.78, 5) is 25.4. The number of hydrogen-bond donors (Lipinski definition) is 2. The van der Waals surface area contributed by atoms with E-state index in [0.717, 1.165) is 29.5 Å². The highest BCUT2D eigenvalue weighted by atomic mass is 35.5. The lowest BCUT2D eigenvalue weighted by atomic mass is 10.1. The second-order valence-electron chi connectivity index (χ2n) is 9.05. The third-order valence-electron chi connectivity index (χ3n) is 6.45. The summed E-state index contributed by atoms with van der Waals surface area (Å²) in [7, 11) is 0. The Balaban J connectivity index is 1.78. The Bertz CT molecular complexity index is 1380. The van der Waals surface area contributed by atoms with E-state index in [9.17, 15) is 9.90 Å². The Hall–Kier alpha value is -3.45. The fourth-order valence-electron chi connectivity index (χ4n) is 4.38. The quantitative estimate of drug-likeness (QED) is 0.342. The number of aromatic nitrogens is 4. The molecule has 2 heterocycles. The molecule has 0 amide bonds. The van der Waals surface area contributed by atoms with Gasteiger partial charge in [0.1, 0.15) is 11.3 Å². The Morgan fingerprint density at radius 1 is 1.12 bits per heavy atom. The SMILES string of the molecule is Cc1cccc(-c2nc3nc(C(=O)O)nc(N[C@H](C)C4CC4)c3n2C(C)c2ccc(Cl)cc2)c1. The maximum absolute atomic E-state index is 11.8. The first-order valence-corrected chi connectivity index (χ1v) is 11.8. The number of rotatable bonds is 7. The molecule has 8 heteroatoms. The van der Waals surface area contributed by atoms with Crippen LogP contribution < -0.4 is 5.32 Å². The van der Waals surface area contributed by atoms with Gasteiger partial charge in [-0.1, -0.05) is 47.5 Å². The van der Waals surface area contributed by atoms with Crippen LogP contribution in [0.15, 0.2) is 48.5 Å². The maximum atomic E-state index is 11.8. The summed E-state index contributed by atoms with van der Waals surface area (Å²) in [6, 6.07) is 15.8. The predicted molar refractivity (Wildman–Crippen MR) is 134 cm³/mol. The molecule has 2 N–H and O–H groups in total. The predicted octanol–water partition coefficient (Wildman–Crippen LogP) is 5.97. The Morgan fingerprint density at radius 3 is 2.50 bits per heavy atom. The van der Waals surface area contributed by atoms with E-state index in [0.29, 0.717) is 33.7 Å². The third kappa shape index (κ3) is 4.23. The number of benzene rings is 2. The third-order valence-corrected chi connectivity index (χ3v) is 6.70. The van der Waals surface area contributed by atoms with Crippen molar-refractivity contribution in [1.82, 2.24) is 19.5 Å². The molecule has 0 saturated heterocycles. The van der Waals surface area contributed by atoms with Crippen LogP contribution >= 0.6 is 11.6 Å². The van der Waals surface area contributed by atoms with Gasteiger partial charge in [-0.3, -0.25) is 0 Å². The minimum absolute atomic E-state index is 0.131. The van der Waals surface area contributed by atoms with Gasteiger partial charge in [0.05, 0.1) is 6.04 Å². The van der Waals surface area contributed by atoms with Gasteiger partial charge in [-0.05, 0) is 63.3 Å². The van der Waals surface area contributed by atoms with Gasteiger partial charge in [0.15, 0.2) is 11.5 Å². The Morgan fingerprint density at radius 2 is 1.85 bits per heavy atom. The molecule has 1 unspecified atom stereocenters. The highest BCUT2D eigenvalue weighted by molar-refractivity contribution is 6.30. The van der Waals surface area contributed by atoms with E-state index in [1.165, 1.54) is 0 Å². The standard InChI is InChI=1S/C26H26ClN5O2/c1-14-5-4-6-19(13-14)25-31-23-21(32(25)16(3)18-9-11-20(27)12-10-18)22(28-15(2)17-7-8-17)29-24(30-23)26(33)34/h4-6,9-13,15-17H,7-8H2,1-3H3,(H,33,34)(H,28,29,30)/t15-,16?/m1/s1. The smallest absolute Gasteiger partial charge is 0.374 e. The van der Waals surface area contributed by atoms with E-state index in [1.807, 2.05) is 49.4 Å². The first-order valence-electron chi connectivity index (χ1n) is 11.4. The molecule has 7 nitrogen and oxygen atoms in total. The zero-order valence-corrected chi connectivity index (χ0v) is 20.0. The van der Waals surface area contributed by atoms with Gasteiger partial charge in [0, 0.05) is 16.6 Å². The van der Waals surface area contributed by atoms with Crippen LogP contribution in [0.4, 0.5) is 5.82 Å². The molecule has 34 heavy (non-hydrogen) atoms. The van der Waals surface area contributed by atoms with Gasteiger partial charge in [-0.25, -0.2) is 19.7 Å². The number of carboxylic acid groups (broad SMARTS) is 1. The second kappa shape index (κ2) is 8.72. The number of aryl methyl sites for hydroxylation is 1.